The van der Waals surface area contributed by atoms with Crippen molar-refractivity contribution in [1.82, 2.24) is 4.98 Å². The van der Waals surface area contributed by atoms with Crippen molar-refractivity contribution in [1.29, 1.82) is 0 Å². The quantitative estimate of drug-likeness (QED) is 0.504. The van der Waals surface area contributed by atoms with E-state index in [2.05, 4.69) is 33.6 Å². The SMILES string of the molecule is O=Cc1cc2ccccc2c(-c2cccc(I)c2)n1. The molecular weight excluding hydrogens is 349 g/mol. The van der Waals surface area contributed by atoms with Crippen molar-refractivity contribution in [2.75, 3.05) is 0 Å². The van der Waals surface area contributed by atoms with Gasteiger partial charge in [0.15, 0.2) is 6.29 Å². The maximum atomic E-state index is 11.0. The molecule has 0 fully saturated rings. The molecule has 2 nitrogen and oxygen atoms in total. The molecular formula is C16H10INO. The Balaban J connectivity index is 2.35. The number of hydrogen-bond acceptors (Lipinski definition) is 2. The van der Waals surface area contributed by atoms with Crippen LogP contribution in [-0.2, 0) is 0 Å². The highest BCUT2D eigenvalue weighted by Crippen LogP contribution is 2.28. The monoisotopic (exact) mass is 359 g/mol. The van der Waals surface area contributed by atoms with Crippen molar-refractivity contribution >= 4 is 39.6 Å². The summed E-state index contributed by atoms with van der Waals surface area (Å²) in [4.78, 5) is 15.5. The van der Waals surface area contributed by atoms with Gasteiger partial charge in [-0.25, -0.2) is 4.98 Å². The van der Waals surface area contributed by atoms with Crippen LogP contribution in [0.5, 0.6) is 0 Å². The van der Waals surface area contributed by atoms with Gasteiger partial charge in [-0.05, 0) is 46.2 Å². The second kappa shape index (κ2) is 5.09. The molecule has 0 bridgehead atoms. The number of aldehydes is 1. The highest BCUT2D eigenvalue weighted by molar-refractivity contribution is 14.1. The van der Waals surface area contributed by atoms with Gasteiger partial charge >= 0.3 is 0 Å². The van der Waals surface area contributed by atoms with Crippen LogP contribution in [-0.4, -0.2) is 11.3 Å². The van der Waals surface area contributed by atoms with Crippen LogP contribution in [0, 0.1) is 3.57 Å². The van der Waals surface area contributed by atoms with E-state index in [1.807, 2.05) is 48.5 Å². The summed E-state index contributed by atoms with van der Waals surface area (Å²) in [5.41, 5.74) is 2.36. The van der Waals surface area contributed by atoms with Crippen LogP contribution in [0.3, 0.4) is 0 Å². The molecule has 0 N–H and O–H groups in total. The Morgan fingerprint density at radius 3 is 2.63 bits per heavy atom. The lowest BCUT2D eigenvalue weighted by Gasteiger charge is -2.07. The number of pyridine rings is 1. The number of nitrogens with zero attached hydrogens (tertiary/aromatic N) is 1. The summed E-state index contributed by atoms with van der Waals surface area (Å²) in [6, 6.07) is 17.9. The van der Waals surface area contributed by atoms with Gasteiger partial charge in [-0.3, -0.25) is 4.79 Å². The molecule has 0 spiro atoms. The van der Waals surface area contributed by atoms with Crippen molar-refractivity contribution < 1.29 is 4.79 Å². The number of halogens is 1. The zero-order chi connectivity index (χ0) is 13.2. The van der Waals surface area contributed by atoms with Gasteiger partial charge in [0, 0.05) is 14.5 Å². The van der Waals surface area contributed by atoms with Crippen molar-refractivity contribution in [3.63, 3.8) is 0 Å². The fourth-order valence-electron chi connectivity index (χ4n) is 2.14. The molecule has 0 unspecified atom stereocenters. The molecule has 3 aromatic rings. The summed E-state index contributed by atoms with van der Waals surface area (Å²) in [7, 11) is 0. The third-order valence-corrected chi connectivity index (χ3v) is 3.65. The Morgan fingerprint density at radius 1 is 1.00 bits per heavy atom. The smallest absolute Gasteiger partial charge is 0.168 e. The Bertz CT molecular complexity index is 768. The summed E-state index contributed by atoms with van der Waals surface area (Å²) in [6.45, 7) is 0. The van der Waals surface area contributed by atoms with Crippen LogP contribution in [0.2, 0.25) is 0 Å². The van der Waals surface area contributed by atoms with Crippen LogP contribution in [0.4, 0.5) is 0 Å². The van der Waals surface area contributed by atoms with E-state index in [-0.39, 0.29) is 0 Å². The van der Waals surface area contributed by atoms with Gasteiger partial charge in [0.05, 0.1) is 5.69 Å². The Hall–Kier alpha value is -1.75. The van der Waals surface area contributed by atoms with Gasteiger partial charge in [0.25, 0.3) is 0 Å². The van der Waals surface area contributed by atoms with E-state index in [9.17, 15) is 4.79 Å². The van der Waals surface area contributed by atoms with Gasteiger partial charge in [0.2, 0.25) is 0 Å². The number of aromatic nitrogens is 1. The van der Waals surface area contributed by atoms with Gasteiger partial charge in [-0.15, -0.1) is 0 Å². The normalized spacial score (nSPS) is 10.6. The predicted molar refractivity (Wildman–Crippen MR) is 85.3 cm³/mol. The van der Waals surface area contributed by atoms with E-state index < -0.39 is 0 Å². The lowest BCUT2D eigenvalue weighted by atomic mass is 10.0. The highest BCUT2D eigenvalue weighted by atomic mass is 127. The third-order valence-electron chi connectivity index (χ3n) is 2.98. The maximum Gasteiger partial charge on any atom is 0.168 e. The molecule has 0 saturated heterocycles. The second-order valence-electron chi connectivity index (χ2n) is 4.25. The largest absolute Gasteiger partial charge is 0.296 e. The van der Waals surface area contributed by atoms with Crippen molar-refractivity contribution in [2.45, 2.75) is 0 Å². The first-order valence-electron chi connectivity index (χ1n) is 5.89. The Morgan fingerprint density at radius 2 is 1.84 bits per heavy atom. The van der Waals surface area contributed by atoms with Gasteiger partial charge in [-0.1, -0.05) is 36.4 Å². The fraction of sp³-hybridized carbons (Fsp3) is 0. The van der Waals surface area contributed by atoms with Crippen molar-refractivity contribution in [2.24, 2.45) is 0 Å². The summed E-state index contributed by atoms with van der Waals surface area (Å²) in [5.74, 6) is 0. The van der Waals surface area contributed by atoms with E-state index in [1.54, 1.807) is 0 Å². The molecule has 1 aromatic heterocycles. The number of carbonyl (C=O) groups excluding carboxylic acids is 1. The molecule has 92 valence electrons. The summed E-state index contributed by atoms with van der Waals surface area (Å²) in [5, 5.41) is 2.10. The molecule has 19 heavy (non-hydrogen) atoms. The minimum absolute atomic E-state index is 0.465. The average Bonchev–Trinajstić information content (AvgIpc) is 2.46. The first-order valence-corrected chi connectivity index (χ1v) is 6.97. The number of hydrogen-bond donors (Lipinski definition) is 0. The average molecular weight is 359 g/mol. The number of carbonyl (C=O) groups is 1. The van der Waals surface area contributed by atoms with Crippen LogP contribution >= 0.6 is 22.6 Å². The molecule has 0 atom stereocenters. The minimum atomic E-state index is 0.465. The lowest BCUT2D eigenvalue weighted by Crippen LogP contribution is -1.93. The lowest BCUT2D eigenvalue weighted by molar-refractivity contribution is 0.111. The van der Waals surface area contributed by atoms with Gasteiger partial charge in [-0.2, -0.15) is 0 Å². The summed E-state index contributed by atoms with van der Waals surface area (Å²) < 4.78 is 1.15. The van der Waals surface area contributed by atoms with Crippen LogP contribution in [0.1, 0.15) is 10.5 Å². The first-order chi connectivity index (χ1) is 9.28. The second-order valence-corrected chi connectivity index (χ2v) is 5.49. The van der Waals surface area contributed by atoms with Crippen LogP contribution < -0.4 is 0 Å². The molecule has 1 heterocycles. The van der Waals surface area contributed by atoms with Crippen LogP contribution in [0.15, 0.2) is 54.6 Å². The Kier molecular flexibility index (Phi) is 3.29. The highest BCUT2D eigenvalue weighted by Gasteiger charge is 2.08. The number of fused-ring (bicyclic) bond motifs is 1. The predicted octanol–water partition coefficient (Wildman–Crippen LogP) is 4.32. The molecule has 0 amide bonds. The topological polar surface area (TPSA) is 30.0 Å². The van der Waals surface area contributed by atoms with E-state index in [0.29, 0.717) is 5.69 Å². The molecule has 3 heteroatoms. The van der Waals surface area contributed by atoms with Crippen molar-refractivity contribution in [3.8, 4) is 11.3 Å². The van der Waals surface area contributed by atoms with E-state index in [4.69, 9.17) is 0 Å². The zero-order valence-electron chi connectivity index (χ0n) is 10.0. The van der Waals surface area contributed by atoms with E-state index in [1.165, 1.54) is 0 Å². The standard InChI is InChI=1S/C16H10INO/c17-13-6-3-5-12(8-13)16-15-7-2-1-4-11(15)9-14(10-19)18-16/h1-10H. The summed E-state index contributed by atoms with van der Waals surface area (Å²) >= 11 is 2.28. The third kappa shape index (κ3) is 2.38. The minimum Gasteiger partial charge on any atom is -0.296 e. The zero-order valence-corrected chi connectivity index (χ0v) is 12.2. The molecule has 0 aliphatic rings. The number of benzene rings is 2. The van der Waals surface area contributed by atoms with Crippen LogP contribution in [0.25, 0.3) is 22.0 Å². The Labute approximate surface area is 124 Å². The summed E-state index contributed by atoms with van der Waals surface area (Å²) in [6.07, 6.45) is 0.795. The van der Waals surface area contributed by atoms with E-state index >= 15 is 0 Å². The fourth-order valence-corrected chi connectivity index (χ4v) is 2.68. The van der Waals surface area contributed by atoms with Gasteiger partial charge in [0.1, 0.15) is 5.69 Å². The molecule has 0 saturated carbocycles. The van der Waals surface area contributed by atoms with Gasteiger partial charge < -0.3 is 0 Å². The number of rotatable bonds is 2. The molecule has 0 aliphatic carbocycles. The van der Waals surface area contributed by atoms with E-state index in [0.717, 1.165) is 31.9 Å². The molecule has 0 radical (unpaired) electrons. The molecule has 3 rings (SSSR count). The first kappa shape index (κ1) is 12.3. The maximum absolute atomic E-state index is 11.0. The molecule has 2 aromatic carbocycles. The van der Waals surface area contributed by atoms with Crippen molar-refractivity contribution in [3.05, 3.63) is 63.9 Å². The molecule has 0 aliphatic heterocycles.